The smallest absolute Gasteiger partial charge is 0.246 e. The Kier molecular flexibility index (Phi) is 7.70. The molecule has 1 saturated carbocycles. The molecule has 2 aromatic carbocycles. The predicted octanol–water partition coefficient (Wildman–Crippen LogP) is 5.30. The number of allylic oxidation sites excluding steroid dienone is 1. The van der Waals surface area contributed by atoms with Gasteiger partial charge in [0.25, 0.3) is 0 Å². The number of piperidine rings is 2. The number of fused-ring (bicyclic) bond motifs is 2. The average Bonchev–Trinajstić information content (AvgIpc) is 3.70. The van der Waals surface area contributed by atoms with Crippen LogP contribution in [0, 0.1) is 17.8 Å². The summed E-state index contributed by atoms with van der Waals surface area (Å²) in [6.07, 6.45) is 12.2. The third-order valence-electron chi connectivity index (χ3n) is 9.82. The number of nitrogens with zero attached hydrogens (tertiary/aromatic N) is 2. The van der Waals surface area contributed by atoms with Gasteiger partial charge in [0.1, 0.15) is 0 Å². The predicted molar refractivity (Wildman–Crippen MR) is 157 cm³/mol. The van der Waals surface area contributed by atoms with Gasteiger partial charge in [-0.3, -0.25) is 9.59 Å². The molecule has 222 valence electrons. The minimum absolute atomic E-state index is 0.0268. The van der Waals surface area contributed by atoms with Crippen LogP contribution in [0.2, 0.25) is 0 Å². The Labute approximate surface area is 247 Å². The van der Waals surface area contributed by atoms with Crippen LogP contribution in [0.15, 0.2) is 48.6 Å². The van der Waals surface area contributed by atoms with Crippen LogP contribution in [-0.2, 0) is 16.0 Å². The first-order valence-electron chi connectivity index (χ1n) is 15.7. The van der Waals surface area contributed by atoms with E-state index in [2.05, 4.69) is 29.2 Å². The summed E-state index contributed by atoms with van der Waals surface area (Å²) in [5.74, 6) is 3.36. The van der Waals surface area contributed by atoms with Gasteiger partial charge in [-0.05, 0) is 105 Å². The normalized spacial score (nSPS) is 26.4. The zero-order valence-electron chi connectivity index (χ0n) is 24.2. The van der Waals surface area contributed by atoms with Gasteiger partial charge in [0.15, 0.2) is 23.0 Å². The number of likely N-dealkylation sites (tertiary alicyclic amines) is 2. The maximum Gasteiger partial charge on any atom is 0.246 e. The highest BCUT2D eigenvalue weighted by Crippen LogP contribution is 2.57. The Morgan fingerprint density at radius 3 is 2.07 bits per heavy atom. The highest BCUT2D eigenvalue weighted by molar-refractivity contribution is 5.88. The Balaban J connectivity index is 1.19. The van der Waals surface area contributed by atoms with Crippen molar-refractivity contribution in [1.29, 1.82) is 0 Å². The highest BCUT2D eigenvalue weighted by Gasteiger charge is 2.54. The van der Waals surface area contributed by atoms with Crippen molar-refractivity contribution in [2.45, 2.75) is 57.3 Å². The van der Waals surface area contributed by atoms with Gasteiger partial charge < -0.3 is 28.7 Å². The zero-order valence-corrected chi connectivity index (χ0v) is 24.2. The van der Waals surface area contributed by atoms with Crippen molar-refractivity contribution in [3.63, 3.8) is 0 Å². The number of hydrogen-bond acceptors (Lipinski definition) is 6. The van der Waals surface area contributed by atoms with Crippen molar-refractivity contribution in [3.8, 4) is 23.0 Å². The van der Waals surface area contributed by atoms with Crippen LogP contribution in [0.3, 0.4) is 0 Å². The van der Waals surface area contributed by atoms with Gasteiger partial charge in [-0.25, -0.2) is 0 Å². The van der Waals surface area contributed by atoms with Gasteiger partial charge in [-0.2, -0.15) is 0 Å². The van der Waals surface area contributed by atoms with Crippen LogP contribution < -0.4 is 18.9 Å². The van der Waals surface area contributed by atoms with Crippen molar-refractivity contribution in [1.82, 2.24) is 9.80 Å². The van der Waals surface area contributed by atoms with E-state index < -0.39 is 0 Å². The first-order chi connectivity index (χ1) is 20.7. The van der Waals surface area contributed by atoms with Crippen LogP contribution in [0.4, 0.5) is 0 Å². The number of carbonyl (C=O) groups is 2. The third kappa shape index (κ3) is 5.32. The van der Waals surface area contributed by atoms with Gasteiger partial charge in [-0.1, -0.05) is 18.2 Å². The van der Waals surface area contributed by atoms with E-state index in [1.165, 1.54) is 18.4 Å². The minimum atomic E-state index is -0.155. The fourth-order valence-corrected chi connectivity index (χ4v) is 7.56. The Morgan fingerprint density at radius 2 is 1.36 bits per heavy atom. The molecule has 2 amide bonds. The molecule has 0 N–H and O–H groups in total. The molecule has 0 spiro atoms. The van der Waals surface area contributed by atoms with Crippen LogP contribution in [0.1, 0.15) is 62.0 Å². The second-order valence-electron chi connectivity index (χ2n) is 12.3. The van der Waals surface area contributed by atoms with Crippen LogP contribution >= 0.6 is 0 Å². The monoisotopic (exact) mass is 572 g/mol. The molecular formula is C34H40N2O6. The summed E-state index contributed by atoms with van der Waals surface area (Å²) in [5.41, 5.74) is 2.25. The fourth-order valence-electron chi connectivity index (χ4n) is 7.56. The van der Waals surface area contributed by atoms with Crippen molar-refractivity contribution in [2.24, 2.45) is 17.8 Å². The summed E-state index contributed by atoms with van der Waals surface area (Å²) < 4.78 is 22.4. The third-order valence-corrected chi connectivity index (χ3v) is 9.82. The molecule has 0 aromatic heterocycles. The van der Waals surface area contributed by atoms with Gasteiger partial charge >= 0.3 is 0 Å². The van der Waals surface area contributed by atoms with Crippen molar-refractivity contribution >= 4 is 11.8 Å². The summed E-state index contributed by atoms with van der Waals surface area (Å²) in [4.78, 5) is 31.5. The van der Waals surface area contributed by atoms with Crippen molar-refractivity contribution in [3.05, 3.63) is 59.7 Å². The summed E-state index contributed by atoms with van der Waals surface area (Å²) in [6.45, 7) is 3.76. The second kappa shape index (κ2) is 11.9. The molecule has 0 bridgehead atoms. The summed E-state index contributed by atoms with van der Waals surface area (Å²) in [5, 5.41) is 0. The number of benzene rings is 2. The van der Waals surface area contributed by atoms with E-state index >= 15 is 0 Å². The SMILES string of the molecule is O=C(/C=C\[C@H]1[C@H](CCc2ccc3c(c2)OCO3)[C@@H](C(=O)N2CCCCC2)[C@@H]1c1ccc2c(c1)OCO2)N1CCCCC1. The van der Waals surface area contributed by atoms with Crippen LogP contribution in [0.25, 0.3) is 0 Å². The van der Waals surface area contributed by atoms with E-state index in [1.807, 2.05) is 23.1 Å². The van der Waals surface area contributed by atoms with E-state index in [-0.39, 0.29) is 49.1 Å². The number of carbonyl (C=O) groups excluding carboxylic acids is 2. The standard InChI is InChI=1S/C34H40N2O6/c37-31(35-15-3-1-4-16-35)14-11-25-26(10-7-23-8-12-27-29(19-23)41-21-39-27)33(34(38)36-17-5-2-6-18-36)32(25)24-9-13-28-30(20-24)42-22-40-28/h8-9,11-14,19-20,25-26,32-33H,1-7,10,15-18,21-22H2/b14-11-/t25-,26-,32+,33+/m0/s1. The largest absolute Gasteiger partial charge is 0.454 e. The number of rotatable bonds is 7. The first kappa shape index (κ1) is 27.2. The van der Waals surface area contributed by atoms with Gasteiger partial charge in [-0.15, -0.1) is 0 Å². The number of aryl methyl sites for hydroxylation is 1. The van der Waals surface area contributed by atoms with E-state index in [9.17, 15) is 9.59 Å². The maximum atomic E-state index is 14.2. The molecule has 8 nitrogen and oxygen atoms in total. The van der Waals surface area contributed by atoms with E-state index in [0.717, 1.165) is 93.3 Å². The molecule has 2 saturated heterocycles. The summed E-state index contributed by atoms with van der Waals surface area (Å²) in [6, 6.07) is 12.2. The maximum absolute atomic E-state index is 14.2. The molecule has 4 heterocycles. The molecule has 1 aliphatic carbocycles. The lowest BCUT2D eigenvalue weighted by atomic mass is 9.52. The number of ether oxygens (including phenoxy) is 4. The zero-order chi connectivity index (χ0) is 28.5. The topological polar surface area (TPSA) is 77.5 Å². The van der Waals surface area contributed by atoms with E-state index in [4.69, 9.17) is 18.9 Å². The summed E-state index contributed by atoms with van der Waals surface area (Å²) >= 11 is 0. The molecule has 0 unspecified atom stereocenters. The Hall–Kier alpha value is -3.68. The Bertz CT molecular complexity index is 1350. The minimum Gasteiger partial charge on any atom is -0.454 e. The lowest BCUT2D eigenvalue weighted by Crippen LogP contribution is -2.54. The van der Waals surface area contributed by atoms with E-state index in [0.29, 0.717) is 0 Å². The van der Waals surface area contributed by atoms with Gasteiger partial charge in [0, 0.05) is 38.0 Å². The molecule has 2 aromatic rings. The van der Waals surface area contributed by atoms with Gasteiger partial charge in [0.05, 0.1) is 0 Å². The number of hydrogen-bond donors (Lipinski definition) is 0. The van der Waals surface area contributed by atoms with Crippen LogP contribution in [-0.4, -0.2) is 61.4 Å². The fraction of sp³-hybridized carbons (Fsp3) is 0.529. The lowest BCUT2D eigenvalue weighted by Gasteiger charge is -2.52. The van der Waals surface area contributed by atoms with Gasteiger partial charge in [0.2, 0.25) is 25.4 Å². The molecule has 3 fully saturated rings. The molecule has 42 heavy (non-hydrogen) atoms. The molecule has 0 radical (unpaired) electrons. The highest BCUT2D eigenvalue weighted by atomic mass is 16.7. The number of amides is 2. The lowest BCUT2D eigenvalue weighted by molar-refractivity contribution is -0.146. The molecule has 8 heteroatoms. The Morgan fingerprint density at radius 1 is 0.738 bits per heavy atom. The molecule has 5 aliphatic rings. The summed E-state index contributed by atoms with van der Waals surface area (Å²) in [7, 11) is 0. The van der Waals surface area contributed by atoms with E-state index in [1.54, 1.807) is 6.08 Å². The van der Waals surface area contributed by atoms with Crippen LogP contribution in [0.5, 0.6) is 23.0 Å². The quantitative estimate of drug-likeness (QED) is 0.419. The molecule has 4 atom stereocenters. The first-order valence-corrected chi connectivity index (χ1v) is 15.7. The second-order valence-corrected chi connectivity index (χ2v) is 12.3. The molecule has 4 aliphatic heterocycles. The van der Waals surface area contributed by atoms with Crippen molar-refractivity contribution < 1.29 is 28.5 Å². The average molecular weight is 573 g/mol. The van der Waals surface area contributed by atoms with Crippen molar-refractivity contribution in [2.75, 3.05) is 39.8 Å². The molecular weight excluding hydrogens is 532 g/mol. The molecule has 7 rings (SSSR count).